The summed E-state index contributed by atoms with van der Waals surface area (Å²) in [5.74, 6) is 0.944. The average molecular weight is 254 g/mol. The monoisotopic (exact) mass is 254 g/mol. The fourth-order valence-electron chi connectivity index (χ4n) is 2.05. The Morgan fingerprint density at radius 3 is 3.05 bits per heavy atom. The Morgan fingerprint density at radius 2 is 2.32 bits per heavy atom. The third kappa shape index (κ3) is 1.93. The minimum absolute atomic E-state index is 0.00761. The van der Waals surface area contributed by atoms with Crippen molar-refractivity contribution < 1.29 is 4.79 Å². The van der Waals surface area contributed by atoms with E-state index in [0.717, 1.165) is 11.1 Å². The van der Waals surface area contributed by atoms with Gasteiger partial charge in [0.15, 0.2) is 5.82 Å². The van der Waals surface area contributed by atoms with Gasteiger partial charge in [-0.2, -0.15) is 10.4 Å². The van der Waals surface area contributed by atoms with Gasteiger partial charge in [0.1, 0.15) is 12.4 Å². The second kappa shape index (κ2) is 4.49. The second-order valence-corrected chi connectivity index (χ2v) is 4.17. The van der Waals surface area contributed by atoms with Gasteiger partial charge in [0.25, 0.3) is 0 Å². The summed E-state index contributed by atoms with van der Waals surface area (Å²) < 4.78 is 0. The van der Waals surface area contributed by atoms with Gasteiger partial charge in [-0.1, -0.05) is 0 Å². The zero-order valence-corrected chi connectivity index (χ0v) is 10.00. The number of aryl methyl sites for hydroxylation is 1. The van der Waals surface area contributed by atoms with E-state index in [9.17, 15) is 4.79 Å². The fraction of sp³-hybridized carbons (Fsp3) is 0.250. The third-order valence-corrected chi connectivity index (χ3v) is 2.99. The number of hydrogen-bond donors (Lipinski definition) is 1. The third-order valence-electron chi connectivity index (χ3n) is 2.99. The normalized spacial score (nSPS) is 14.1. The Balaban J connectivity index is 2.07. The zero-order valence-electron chi connectivity index (χ0n) is 10.00. The van der Waals surface area contributed by atoms with Crippen LogP contribution in [0.4, 0.5) is 5.82 Å². The van der Waals surface area contributed by atoms with Gasteiger partial charge in [-0.25, -0.2) is 9.97 Å². The molecule has 1 aliphatic heterocycles. The summed E-state index contributed by atoms with van der Waals surface area (Å²) >= 11 is 0. The standard InChI is InChI=1S/C12H10N6O/c13-3-4-18-10(19)2-1-8-5-14-11(17-12(8)18)9-6-15-16-7-9/h5-7H,1-2,4H2,(H,15,16). The molecule has 0 aliphatic carbocycles. The highest BCUT2D eigenvalue weighted by atomic mass is 16.2. The first kappa shape index (κ1) is 11.3. The molecule has 2 aromatic heterocycles. The smallest absolute Gasteiger partial charge is 0.229 e. The van der Waals surface area contributed by atoms with Crippen LogP contribution in [-0.4, -0.2) is 32.6 Å². The van der Waals surface area contributed by atoms with Crippen molar-refractivity contribution in [2.75, 3.05) is 11.4 Å². The van der Waals surface area contributed by atoms with Crippen molar-refractivity contribution in [3.05, 3.63) is 24.2 Å². The first-order valence-electron chi connectivity index (χ1n) is 5.82. The first-order chi connectivity index (χ1) is 9.29. The number of nitrogens with one attached hydrogen (secondary N) is 1. The predicted octanol–water partition coefficient (Wildman–Crippen LogP) is 0.669. The topological polar surface area (TPSA) is 98.6 Å². The molecule has 1 N–H and O–H groups in total. The molecule has 3 heterocycles. The number of nitriles is 1. The Morgan fingerprint density at radius 1 is 1.42 bits per heavy atom. The number of rotatable bonds is 2. The van der Waals surface area contributed by atoms with Crippen LogP contribution in [0.5, 0.6) is 0 Å². The molecule has 1 aliphatic rings. The van der Waals surface area contributed by atoms with Crippen molar-refractivity contribution in [3.8, 4) is 17.5 Å². The first-order valence-corrected chi connectivity index (χ1v) is 5.82. The quantitative estimate of drug-likeness (QED) is 0.794. The molecule has 7 heteroatoms. The summed E-state index contributed by atoms with van der Waals surface area (Å²) in [7, 11) is 0. The summed E-state index contributed by atoms with van der Waals surface area (Å²) in [6.45, 7) is 0.00761. The average Bonchev–Trinajstić information content (AvgIpc) is 2.96. The molecule has 94 valence electrons. The van der Waals surface area contributed by atoms with Gasteiger partial charge in [0.05, 0.1) is 17.8 Å². The highest BCUT2D eigenvalue weighted by molar-refractivity contribution is 5.95. The lowest BCUT2D eigenvalue weighted by atomic mass is 10.1. The van der Waals surface area contributed by atoms with Crippen LogP contribution in [0.15, 0.2) is 18.6 Å². The Hall–Kier alpha value is -2.75. The molecule has 3 rings (SSSR count). The van der Waals surface area contributed by atoms with Gasteiger partial charge in [-0.05, 0) is 6.42 Å². The molecular formula is C12H10N6O. The van der Waals surface area contributed by atoms with Crippen LogP contribution in [-0.2, 0) is 11.2 Å². The van der Waals surface area contributed by atoms with E-state index in [1.807, 2.05) is 6.07 Å². The van der Waals surface area contributed by atoms with E-state index in [1.54, 1.807) is 18.6 Å². The molecule has 0 radical (unpaired) electrons. The van der Waals surface area contributed by atoms with Crippen LogP contribution in [0, 0.1) is 11.3 Å². The molecule has 0 unspecified atom stereocenters. The molecule has 7 nitrogen and oxygen atoms in total. The predicted molar refractivity (Wildman–Crippen MR) is 65.9 cm³/mol. The van der Waals surface area contributed by atoms with Gasteiger partial charge in [-0.15, -0.1) is 0 Å². The number of carbonyl (C=O) groups excluding carboxylic acids is 1. The van der Waals surface area contributed by atoms with Crippen LogP contribution in [0.3, 0.4) is 0 Å². The number of aromatic amines is 1. The highest BCUT2D eigenvalue weighted by Gasteiger charge is 2.26. The van der Waals surface area contributed by atoms with E-state index < -0.39 is 0 Å². The SMILES string of the molecule is N#CCN1C(=O)CCc2cnc(-c3cn[nH]c3)nc21. The minimum Gasteiger partial charge on any atom is -0.285 e. The van der Waals surface area contributed by atoms with Crippen molar-refractivity contribution in [3.63, 3.8) is 0 Å². The molecule has 1 amide bonds. The number of nitrogens with zero attached hydrogens (tertiary/aromatic N) is 5. The number of hydrogen-bond acceptors (Lipinski definition) is 5. The summed E-state index contributed by atoms with van der Waals surface area (Å²) in [5.41, 5.74) is 1.64. The van der Waals surface area contributed by atoms with Crippen molar-refractivity contribution in [2.45, 2.75) is 12.8 Å². The molecule has 0 saturated carbocycles. The van der Waals surface area contributed by atoms with Gasteiger partial charge >= 0.3 is 0 Å². The summed E-state index contributed by atoms with van der Waals surface area (Å²) in [4.78, 5) is 21.9. The van der Waals surface area contributed by atoms with Gasteiger partial charge in [0.2, 0.25) is 5.91 Å². The Labute approximate surface area is 108 Å². The van der Waals surface area contributed by atoms with Gasteiger partial charge in [-0.3, -0.25) is 14.8 Å². The van der Waals surface area contributed by atoms with Crippen molar-refractivity contribution in [1.82, 2.24) is 20.2 Å². The van der Waals surface area contributed by atoms with Gasteiger partial charge in [0, 0.05) is 24.4 Å². The molecule has 0 atom stereocenters. The summed E-state index contributed by atoms with van der Waals surface area (Å²) in [5, 5.41) is 15.3. The lowest BCUT2D eigenvalue weighted by molar-refractivity contribution is -0.118. The van der Waals surface area contributed by atoms with E-state index >= 15 is 0 Å². The molecular weight excluding hydrogens is 244 g/mol. The number of anilines is 1. The molecule has 19 heavy (non-hydrogen) atoms. The van der Waals surface area contributed by atoms with E-state index in [-0.39, 0.29) is 12.5 Å². The van der Waals surface area contributed by atoms with E-state index in [4.69, 9.17) is 5.26 Å². The van der Waals surface area contributed by atoms with Crippen LogP contribution < -0.4 is 4.90 Å². The molecule has 0 spiro atoms. The number of H-pyrrole nitrogens is 1. The van der Waals surface area contributed by atoms with Crippen LogP contribution >= 0.6 is 0 Å². The summed E-state index contributed by atoms with van der Waals surface area (Å²) in [6.07, 6.45) is 6.01. The lowest BCUT2D eigenvalue weighted by Gasteiger charge is -2.25. The maximum Gasteiger partial charge on any atom is 0.229 e. The number of amides is 1. The number of carbonyl (C=O) groups is 1. The number of aromatic nitrogens is 4. The zero-order chi connectivity index (χ0) is 13.2. The van der Waals surface area contributed by atoms with Crippen molar-refractivity contribution in [1.29, 1.82) is 5.26 Å². The van der Waals surface area contributed by atoms with E-state index in [1.165, 1.54) is 4.90 Å². The minimum atomic E-state index is -0.0779. The van der Waals surface area contributed by atoms with Crippen LogP contribution in [0.1, 0.15) is 12.0 Å². The van der Waals surface area contributed by atoms with Crippen LogP contribution in [0.25, 0.3) is 11.4 Å². The molecule has 0 aromatic carbocycles. The largest absolute Gasteiger partial charge is 0.285 e. The van der Waals surface area contributed by atoms with E-state index in [0.29, 0.717) is 24.5 Å². The maximum absolute atomic E-state index is 11.8. The molecule has 0 bridgehead atoms. The van der Waals surface area contributed by atoms with Crippen molar-refractivity contribution in [2.24, 2.45) is 0 Å². The lowest BCUT2D eigenvalue weighted by Crippen LogP contribution is -2.36. The molecule has 0 saturated heterocycles. The second-order valence-electron chi connectivity index (χ2n) is 4.17. The summed E-state index contributed by atoms with van der Waals surface area (Å²) in [6, 6.07) is 1.99. The highest BCUT2D eigenvalue weighted by Crippen LogP contribution is 2.27. The van der Waals surface area contributed by atoms with E-state index in [2.05, 4.69) is 20.2 Å². The number of fused-ring (bicyclic) bond motifs is 1. The maximum atomic E-state index is 11.8. The fourth-order valence-corrected chi connectivity index (χ4v) is 2.05. The van der Waals surface area contributed by atoms with Gasteiger partial charge < -0.3 is 0 Å². The molecule has 0 fully saturated rings. The Bertz CT molecular complexity index is 657. The van der Waals surface area contributed by atoms with Crippen molar-refractivity contribution >= 4 is 11.7 Å². The molecule has 2 aromatic rings. The van der Waals surface area contributed by atoms with Crippen LogP contribution in [0.2, 0.25) is 0 Å². The Kier molecular flexibility index (Phi) is 2.68.